The van der Waals surface area contributed by atoms with Gasteiger partial charge in [0.2, 0.25) is 0 Å². The maximum Gasteiger partial charge on any atom is 0.123 e. The Morgan fingerprint density at radius 1 is 0.966 bits per heavy atom. The Balaban J connectivity index is 0.000000747. The molecule has 1 atom stereocenters. The highest BCUT2D eigenvalue weighted by molar-refractivity contribution is 5.72. The van der Waals surface area contributed by atoms with Gasteiger partial charge in [0.1, 0.15) is 11.9 Å². The van der Waals surface area contributed by atoms with Crippen molar-refractivity contribution < 1.29 is 28.9 Å². The smallest absolute Gasteiger partial charge is 0.123 e. The van der Waals surface area contributed by atoms with Gasteiger partial charge in [-0.3, -0.25) is 0 Å². The predicted octanol–water partition coefficient (Wildman–Crippen LogP) is 1.40. The van der Waals surface area contributed by atoms with Gasteiger partial charge in [-0.1, -0.05) is 49.9 Å². The van der Waals surface area contributed by atoms with Gasteiger partial charge in [-0.15, -0.1) is 0 Å². The average molecular weight is 405 g/mol. The number of nitrogens with zero attached hydrogens (tertiary/aromatic N) is 1. The van der Waals surface area contributed by atoms with Gasteiger partial charge in [0, 0.05) is 18.5 Å². The summed E-state index contributed by atoms with van der Waals surface area (Å²) in [4.78, 5) is 21.1. The fraction of sp³-hybridized carbons (Fsp3) is 0.364. The monoisotopic (exact) mass is 405 g/mol. The lowest BCUT2D eigenvalue weighted by Crippen LogP contribution is -2.27. The van der Waals surface area contributed by atoms with Gasteiger partial charge in [-0.05, 0) is 50.2 Å². The molecule has 0 bridgehead atoms. The Hall–Kier alpha value is -2.77. The highest BCUT2D eigenvalue weighted by Crippen LogP contribution is 2.26. The minimum atomic E-state index is -1.37. The summed E-state index contributed by atoms with van der Waals surface area (Å²) in [6.07, 6.45) is -1.17. The number of aliphatic carboxylic acids is 2. The molecule has 0 aromatic heterocycles. The molecule has 0 saturated heterocycles. The molecule has 0 aliphatic heterocycles. The van der Waals surface area contributed by atoms with E-state index < -0.39 is 24.8 Å². The second-order valence-electron chi connectivity index (χ2n) is 6.26. The van der Waals surface area contributed by atoms with Gasteiger partial charge < -0.3 is 29.4 Å². The first-order chi connectivity index (χ1) is 13.3. The predicted molar refractivity (Wildman–Crippen MR) is 105 cm³/mol. The number of hydrogen-bond donors (Lipinski definition) is 0. The molecule has 2 aromatic rings. The van der Waals surface area contributed by atoms with Crippen LogP contribution in [0.25, 0.3) is 0 Å². The van der Waals surface area contributed by atoms with E-state index in [9.17, 15) is 24.2 Å². The van der Waals surface area contributed by atoms with Crippen molar-refractivity contribution in [3.8, 4) is 0 Å². The standard InChI is InChI=1S/C17H20FNO.C4H6O4.CH4/c1-19(2)11-12-20-17(14-7-4-3-5-8-14)15-9-6-10-16(18)13-15;5-3(6)1-2-4(7)8;/h3-10,13,17H,11-12H2,1-2H3;1-2H2,(H,5,6)(H,7,8);1H4/p-2. The molecule has 2 rings (SSSR count). The molecule has 0 amide bonds. The van der Waals surface area contributed by atoms with E-state index in [0.717, 1.165) is 17.7 Å². The molecule has 0 aliphatic carbocycles. The Morgan fingerprint density at radius 2 is 1.52 bits per heavy atom. The van der Waals surface area contributed by atoms with E-state index in [2.05, 4.69) is 4.90 Å². The first-order valence-electron chi connectivity index (χ1n) is 8.76. The zero-order valence-electron chi connectivity index (χ0n) is 16.0. The van der Waals surface area contributed by atoms with Crippen molar-refractivity contribution in [2.45, 2.75) is 26.4 Å². The Kier molecular flexibility index (Phi) is 12.9. The van der Waals surface area contributed by atoms with Crippen molar-refractivity contribution in [1.82, 2.24) is 4.90 Å². The number of ether oxygens (including phenoxy) is 1. The molecular weight excluding hydrogens is 377 g/mol. The molecule has 0 spiro atoms. The molecule has 0 aliphatic rings. The van der Waals surface area contributed by atoms with Crippen LogP contribution in [0.1, 0.15) is 37.5 Å². The van der Waals surface area contributed by atoms with Crippen LogP contribution in [-0.4, -0.2) is 44.1 Å². The topological polar surface area (TPSA) is 92.7 Å². The zero-order chi connectivity index (χ0) is 20.9. The summed E-state index contributed by atoms with van der Waals surface area (Å²) in [5.74, 6) is -2.97. The SMILES string of the molecule is C.CN(C)CCOC(c1ccccc1)c1cccc(F)c1.O=C([O-])CCC(=O)[O-]. The van der Waals surface area contributed by atoms with Gasteiger partial charge in [0.05, 0.1) is 6.61 Å². The fourth-order valence-electron chi connectivity index (χ4n) is 2.24. The second kappa shape index (κ2) is 14.3. The van der Waals surface area contributed by atoms with Crippen LogP contribution in [0.4, 0.5) is 4.39 Å². The van der Waals surface area contributed by atoms with E-state index in [1.54, 1.807) is 6.07 Å². The number of carbonyl (C=O) groups is 2. The van der Waals surface area contributed by atoms with Crippen LogP contribution >= 0.6 is 0 Å². The highest BCUT2D eigenvalue weighted by Gasteiger charge is 2.15. The van der Waals surface area contributed by atoms with Crippen molar-refractivity contribution in [2.24, 2.45) is 0 Å². The average Bonchev–Trinajstić information content (AvgIpc) is 2.64. The van der Waals surface area contributed by atoms with E-state index in [0.29, 0.717) is 6.61 Å². The largest absolute Gasteiger partial charge is 0.550 e. The summed E-state index contributed by atoms with van der Waals surface area (Å²) < 4.78 is 19.4. The van der Waals surface area contributed by atoms with Crippen LogP contribution in [0.5, 0.6) is 0 Å². The first-order valence-corrected chi connectivity index (χ1v) is 8.76. The molecule has 0 saturated carbocycles. The minimum absolute atomic E-state index is 0. The number of carbonyl (C=O) groups excluding carboxylic acids is 2. The molecule has 0 radical (unpaired) electrons. The number of rotatable bonds is 9. The molecule has 7 heteroatoms. The number of hydrogen-bond acceptors (Lipinski definition) is 6. The van der Waals surface area contributed by atoms with Gasteiger partial charge >= 0.3 is 0 Å². The quantitative estimate of drug-likeness (QED) is 0.626. The summed E-state index contributed by atoms with van der Waals surface area (Å²) >= 11 is 0. The molecular formula is C22H28FNO5-2. The lowest BCUT2D eigenvalue weighted by molar-refractivity contribution is -0.315. The van der Waals surface area contributed by atoms with Gasteiger partial charge in [-0.25, -0.2) is 4.39 Å². The number of halogens is 1. The van der Waals surface area contributed by atoms with Crippen molar-refractivity contribution in [2.75, 3.05) is 27.2 Å². The summed E-state index contributed by atoms with van der Waals surface area (Å²) in [5.41, 5.74) is 1.88. The van der Waals surface area contributed by atoms with Crippen LogP contribution in [0.2, 0.25) is 0 Å². The lowest BCUT2D eigenvalue weighted by atomic mass is 10.0. The fourth-order valence-corrected chi connectivity index (χ4v) is 2.24. The van der Waals surface area contributed by atoms with Crippen molar-refractivity contribution in [3.05, 3.63) is 71.5 Å². The minimum Gasteiger partial charge on any atom is -0.550 e. The molecule has 0 N–H and O–H groups in total. The third kappa shape index (κ3) is 11.6. The number of carboxylic acid groups (broad SMARTS) is 2. The Labute approximate surface area is 171 Å². The van der Waals surface area contributed by atoms with Crippen molar-refractivity contribution >= 4 is 11.9 Å². The van der Waals surface area contributed by atoms with Gasteiger partial charge in [0.25, 0.3) is 0 Å². The van der Waals surface area contributed by atoms with Crippen LogP contribution in [-0.2, 0) is 14.3 Å². The van der Waals surface area contributed by atoms with Crippen LogP contribution in [0.3, 0.4) is 0 Å². The number of benzene rings is 2. The Morgan fingerprint density at radius 3 is 2.00 bits per heavy atom. The summed E-state index contributed by atoms with van der Waals surface area (Å²) in [6, 6.07) is 16.5. The molecule has 0 fully saturated rings. The maximum absolute atomic E-state index is 13.4. The molecule has 160 valence electrons. The highest BCUT2D eigenvalue weighted by atomic mass is 19.1. The number of carboxylic acids is 2. The molecule has 0 heterocycles. The molecule has 29 heavy (non-hydrogen) atoms. The van der Waals surface area contributed by atoms with Crippen LogP contribution < -0.4 is 10.2 Å². The normalized spacial score (nSPS) is 11.0. The summed E-state index contributed by atoms with van der Waals surface area (Å²) in [5, 5.41) is 19.0. The van der Waals surface area contributed by atoms with E-state index in [4.69, 9.17) is 4.74 Å². The summed E-state index contributed by atoms with van der Waals surface area (Å²) in [6.45, 7) is 1.43. The number of likely N-dealkylation sites (N-methyl/N-ethyl adjacent to an activating group) is 1. The third-order valence-electron chi connectivity index (χ3n) is 3.61. The van der Waals surface area contributed by atoms with Crippen molar-refractivity contribution in [3.63, 3.8) is 0 Å². The third-order valence-corrected chi connectivity index (χ3v) is 3.61. The molecule has 1 unspecified atom stereocenters. The zero-order valence-corrected chi connectivity index (χ0v) is 16.0. The van der Waals surface area contributed by atoms with Gasteiger partial charge in [-0.2, -0.15) is 0 Å². The van der Waals surface area contributed by atoms with E-state index in [1.165, 1.54) is 12.1 Å². The lowest BCUT2D eigenvalue weighted by Gasteiger charge is -2.20. The van der Waals surface area contributed by atoms with Crippen LogP contribution in [0.15, 0.2) is 54.6 Å². The van der Waals surface area contributed by atoms with Crippen LogP contribution in [0, 0.1) is 5.82 Å². The van der Waals surface area contributed by atoms with E-state index >= 15 is 0 Å². The maximum atomic E-state index is 13.4. The van der Waals surface area contributed by atoms with Crippen molar-refractivity contribution in [1.29, 1.82) is 0 Å². The summed E-state index contributed by atoms with van der Waals surface area (Å²) in [7, 11) is 4.01. The molecule has 2 aromatic carbocycles. The Bertz CT molecular complexity index is 723. The first kappa shape index (κ1) is 26.2. The molecule has 6 nitrogen and oxygen atoms in total. The van der Waals surface area contributed by atoms with E-state index in [-0.39, 0.29) is 19.3 Å². The van der Waals surface area contributed by atoms with E-state index in [1.807, 2.05) is 50.5 Å². The van der Waals surface area contributed by atoms with Gasteiger partial charge in [0.15, 0.2) is 0 Å². The second-order valence-corrected chi connectivity index (χ2v) is 6.26.